The van der Waals surface area contributed by atoms with Crippen LogP contribution >= 0.6 is 11.6 Å². The molecule has 0 radical (unpaired) electrons. The zero-order valence-corrected chi connectivity index (χ0v) is 13.1. The van der Waals surface area contributed by atoms with Gasteiger partial charge >= 0.3 is 0 Å². The minimum atomic E-state index is -0.0810. The van der Waals surface area contributed by atoms with Gasteiger partial charge in [0.25, 0.3) is 5.91 Å². The molecule has 1 aromatic carbocycles. The molecule has 0 bridgehead atoms. The average molecular weight is 326 g/mol. The van der Waals surface area contributed by atoms with E-state index < -0.39 is 0 Å². The molecule has 0 spiro atoms. The van der Waals surface area contributed by atoms with Crippen molar-refractivity contribution in [3.05, 3.63) is 29.3 Å². The van der Waals surface area contributed by atoms with Crippen molar-refractivity contribution in [3.8, 4) is 5.75 Å². The van der Waals surface area contributed by atoms with E-state index in [2.05, 4.69) is 0 Å². The van der Waals surface area contributed by atoms with Crippen molar-refractivity contribution in [2.45, 2.75) is 19.1 Å². The maximum atomic E-state index is 12.2. The van der Waals surface area contributed by atoms with E-state index in [9.17, 15) is 4.79 Å². The van der Waals surface area contributed by atoms with Crippen LogP contribution < -0.4 is 4.74 Å². The summed E-state index contributed by atoms with van der Waals surface area (Å²) in [6, 6.07) is 7.01. The Morgan fingerprint density at radius 2 is 1.82 bits per heavy atom. The molecule has 22 heavy (non-hydrogen) atoms. The number of piperidine rings is 1. The summed E-state index contributed by atoms with van der Waals surface area (Å²) >= 11 is 5.81. The lowest BCUT2D eigenvalue weighted by molar-refractivity contribution is -0.138. The molecule has 1 amide bonds. The number of ether oxygens (including phenoxy) is 3. The second-order valence-electron chi connectivity index (χ2n) is 5.57. The number of carbonyl (C=O) groups excluding carboxylic acids is 1. The Bertz CT molecular complexity index is 493. The topological polar surface area (TPSA) is 48.0 Å². The van der Waals surface area contributed by atoms with Gasteiger partial charge in [-0.25, -0.2) is 0 Å². The molecule has 0 atom stereocenters. The van der Waals surface area contributed by atoms with Crippen molar-refractivity contribution >= 4 is 17.5 Å². The Balaban J connectivity index is 1.42. The number of rotatable bonds is 4. The molecule has 0 unspecified atom stereocenters. The van der Waals surface area contributed by atoms with Crippen LogP contribution in [0.3, 0.4) is 0 Å². The van der Waals surface area contributed by atoms with Crippen LogP contribution in [0.1, 0.15) is 12.8 Å². The van der Waals surface area contributed by atoms with Gasteiger partial charge in [0.2, 0.25) is 0 Å². The number of carbonyl (C=O) groups is 1. The van der Waals surface area contributed by atoms with E-state index in [1.54, 1.807) is 24.3 Å². The van der Waals surface area contributed by atoms with Crippen LogP contribution in [0, 0.1) is 5.92 Å². The first-order valence-electron chi connectivity index (χ1n) is 7.62. The molecule has 2 fully saturated rings. The van der Waals surface area contributed by atoms with Crippen LogP contribution in [0.25, 0.3) is 0 Å². The van der Waals surface area contributed by atoms with E-state index >= 15 is 0 Å². The third-order valence-electron chi connectivity index (χ3n) is 4.10. The standard InChI is InChI=1S/C16H20ClNO4/c17-13-1-3-14(4-2-13)22-11-15(19)18-7-5-12(6-8-18)16-20-9-10-21-16/h1-4,12,16H,5-11H2. The third-order valence-corrected chi connectivity index (χ3v) is 4.35. The maximum absolute atomic E-state index is 12.2. The molecule has 0 N–H and O–H groups in total. The predicted molar refractivity (Wildman–Crippen MR) is 81.9 cm³/mol. The number of hydrogen-bond donors (Lipinski definition) is 0. The van der Waals surface area contributed by atoms with Crippen molar-refractivity contribution < 1.29 is 19.0 Å². The number of halogens is 1. The van der Waals surface area contributed by atoms with E-state index in [0.29, 0.717) is 29.9 Å². The highest BCUT2D eigenvalue weighted by molar-refractivity contribution is 6.30. The zero-order valence-electron chi connectivity index (χ0n) is 12.4. The number of likely N-dealkylation sites (tertiary alicyclic amines) is 1. The fraction of sp³-hybridized carbons (Fsp3) is 0.562. The monoisotopic (exact) mass is 325 g/mol. The second-order valence-corrected chi connectivity index (χ2v) is 6.01. The molecule has 2 aliphatic heterocycles. The van der Waals surface area contributed by atoms with Crippen molar-refractivity contribution in [1.82, 2.24) is 4.90 Å². The third kappa shape index (κ3) is 3.91. The predicted octanol–water partition coefficient (Wildman–Crippen LogP) is 2.33. The van der Waals surface area contributed by atoms with Crippen LogP contribution in [-0.2, 0) is 14.3 Å². The SMILES string of the molecule is O=C(COc1ccc(Cl)cc1)N1CCC(C2OCCO2)CC1. The van der Waals surface area contributed by atoms with Gasteiger partial charge in [-0.2, -0.15) is 0 Å². The lowest BCUT2D eigenvalue weighted by atomic mass is 9.96. The van der Waals surface area contributed by atoms with E-state index in [1.165, 1.54) is 0 Å². The van der Waals surface area contributed by atoms with Gasteiger partial charge in [-0.15, -0.1) is 0 Å². The summed E-state index contributed by atoms with van der Waals surface area (Å²) in [6.45, 7) is 2.88. The molecule has 6 heteroatoms. The fourth-order valence-electron chi connectivity index (χ4n) is 2.84. The zero-order chi connectivity index (χ0) is 15.4. The number of nitrogens with zero attached hydrogens (tertiary/aromatic N) is 1. The molecule has 2 saturated heterocycles. The molecule has 2 heterocycles. The molecule has 2 aliphatic rings. The van der Waals surface area contributed by atoms with E-state index in [1.807, 2.05) is 4.90 Å². The quantitative estimate of drug-likeness (QED) is 0.852. The van der Waals surface area contributed by atoms with Gasteiger partial charge in [0.05, 0.1) is 13.2 Å². The summed E-state index contributed by atoms with van der Waals surface area (Å²) in [4.78, 5) is 14.0. The van der Waals surface area contributed by atoms with E-state index in [0.717, 1.165) is 25.9 Å². The van der Waals surface area contributed by atoms with Crippen molar-refractivity contribution in [3.63, 3.8) is 0 Å². The summed E-state index contributed by atoms with van der Waals surface area (Å²) in [6.07, 6.45) is 1.75. The first-order valence-corrected chi connectivity index (χ1v) is 7.99. The van der Waals surface area contributed by atoms with Gasteiger partial charge in [0, 0.05) is 24.0 Å². The van der Waals surface area contributed by atoms with Crippen LogP contribution in [0.4, 0.5) is 0 Å². The lowest BCUT2D eigenvalue weighted by Crippen LogP contribution is -2.43. The maximum Gasteiger partial charge on any atom is 0.260 e. The Labute approximate surface area is 135 Å². The molecular weight excluding hydrogens is 306 g/mol. The molecule has 3 rings (SSSR count). The summed E-state index contributed by atoms with van der Waals surface area (Å²) < 4.78 is 16.6. The number of amides is 1. The fourth-order valence-corrected chi connectivity index (χ4v) is 2.96. The highest BCUT2D eigenvalue weighted by Gasteiger charge is 2.31. The lowest BCUT2D eigenvalue weighted by Gasteiger charge is -2.33. The Morgan fingerprint density at radius 3 is 2.45 bits per heavy atom. The minimum absolute atomic E-state index is 0.0154. The van der Waals surface area contributed by atoms with Gasteiger partial charge < -0.3 is 19.1 Å². The Hall–Kier alpha value is -1.30. The van der Waals surface area contributed by atoms with E-state index in [-0.39, 0.29) is 18.8 Å². The Morgan fingerprint density at radius 1 is 1.18 bits per heavy atom. The molecule has 120 valence electrons. The van der Waals surface area contributed by atoms with Crippen LogP contribution in [0.2, 0.25) is 5.02 Å². The van der Waals surface area contributed by atoms with E-state index in [4.69, 9.17) is 25.8 Å². The summed E-state index contributed by atoms with van der Waals surface area (Å²) in [7, 11) is 0. The summed E-state index contributed by atoms with van der Waals surface area (Å²) in [5.74, 6) is 1.06. The van der Waals surface area contributed by atoms with Crippen molar-refractivity contribution in [2.24, 2.45) is 5.92 Å². The van der Waals surface area contributed by atoms with Crippen LogP contribution in [-0.4, -0.2) is 50.0 Å². The number of benzene rings is 1. The molecule has 0 aliphatic carbocycles. The molecule has 0 aromatic heterocycles. The molecule has 1 aromatic rings. The van der Waals surface area contributed by atoms with Crippen LogP contribution in [0.15, 0.2) is 24.3 Å². The normalized spacial score (nSPS) is 20.3. The molecular formula is C16H20ClNO4. The molecule has 0 saturated carbocycles. The first kappa shape index (κ1) is 15.6. The first-order chi connectivity index (χ1) is 10.7. The summed E-state index contributed by atoms with van der Waals surface area (Å²) in [5.41, 5.74) is 0. The smallest absolute Gasteiger partial charge is 0.260 e. The van der Waals surface area contributed by atoms with Gasteiger partial charge in [-0.3, -0.25) is 4.79 Å². The summed E-state index contributed by atoms with van der Waals surface area (Å²) in [5, 5.41) is 0.650. The van der Waals surface area contributed by atoms with Gasteiger partial charge in [0.15, 0.2) is 12.9 Å². The average Bonchev–Trinajstić information content (AvgIpc) is 3.09. The minimum Gasteiger partial charge on any atom is -0.484 e. The van der Waals surface area contributed by atoms with Gasteiger partial charge in [0.1, 0.15) is 5.75 Å². The second kappa shape index (κ2) is 7.31. The van der Waals surface area contributed by atoms with Crippen molar-refractivity contribution in [1.29, 1.82) is 0 Å². The molecule has 5 nitrogen and oxygen atoms in total. The van der Waals surface area contributed by atoms with Gasteiger partial charge in [-0.05, 0) is 37.1 Å². The van der Waals surface area contributed by atoms with Crippen LogP contribution in [0.5, 0.6) is 5.75 Å². The highest BCUT2D eigenvalue weighted by Crippen LogP contribution is 2.26. The largest absolute Gasteiger partial charge is 0.484 e. The highest BCUT2D eigenvalue weighted by atomic mass is 35.5. The Kier molecular flexibility index (Phi) is 5.18. The van der Waals surface area contributed by atoms with Gasteiger partial charge in [-0.1, -0.05) is 11.6 Å². The van der Waals surface area contributed by atoms with Crippen molar-refractivity contribution in [2.75, 3.05) is 32.9 Å². The number of hydrogen-bond acceptors (Lipinski definition) is 4.